The van der Waals surface area contributed by atoms with Crippen molar-refractivity contribution in [3.8, 4) is 5.75 Å². The van der Waals surface area contributed by atoms with Gasteiger partial charge in [0.2, 0.25) is 0 Å². The van der Waals surface area contributed by atoms with Gasteiger partial charge in [-0.05, 0) is 43.2 Å². The maximum absolute atomic E-state index is 11.1. The molecule has 1 aromatic rings. The molecule has 0 radical (unpaired) electrons. The molecule has 2 aliphatic rings. The monoisotopic (exact) mass is 290 g/mol. The van der Waals surface area contributed by atoms with Crippen LogP contribution < -0.4 is 10.1 Å². The molecule has 3 rings (SSSR count). The summed E-state index contributed by atoms with van der Waals surface area (Å²) < 4.78 is 5.78. The summed E-state index contributed by atoms with van der Waals surface area (Å²) in [6.45, 7) is 1.35. The summed E-state index contributed by atoms with van der Waals surface area (Å²) in [6.07, 6.45) is 7.33. The van der Waals surface area contributed by atoms with E-state index in [1.54, 1.807) is 6.07 Å². The third kappa shape index (κ3) is 3.94. The number of nitro groups is 1. The van der Waals surface area contributed by atoms with Crippen LogP contribution in [0, 0.1) is 16.0 Å². The van der Waals surface area contributed by atoms with Gasteiger partial charge in [-0.25, -0.2) is 0 Å². The van der Waals surface area contributed by atoms with Crippen LogP contribution in [0.3, 0.4) is 0 Å². The number of benzene rings is 1. The van der Waals surface area contributed by atoms with Crippen molar-refractivity contribution in [3.05, 3.63) is 33.9 Å². The number of nitrogens with one attached hydrogen (secondary N) is 1. The average molecular weight is 290 g/mol. The van der Waals surface area contributed by atoms with E-state index >= 15 is 0 Å². The SMILES string of the molecule is O=[N+]([O-])c1ccc(CNC2CC2)cc1OCC1CCCC1. The van der Waals surface area contributed by atoms with Crippen molar-refractivity contribution in [1.82, 2.24) is 5.32 Å². The molecular weight excluding hydrogens is 268 g/mol. The highest BCUT2D eigenvalue weighted by Crippen LogP contribution is 2.31. The van der Waals surface area contributed by atoms with Crippen LogP contribution >= 0.6 is 0 Å². The van der Waals surface area contributed by atoms with Gasteiger partial charge in [0, 0.05) is 18.7 Å². The molecule has 1 aromatic carbocycles. The highest BCUT2D eigenvalue weighted by Gasteiger charge is 2.22. The lowest BCUT2D eigenvalue weighted by molar-refractivity contribution is -0.385. The van der Waals surface area contributed by atoms with E-state index in [1.165, 1.54) is 38.5 Å². The zero-order valence-corrected chi connectivity index (χ0v) is 12.2. The first-order valence-electron chi connectivity index (χ1n) is 7.86. The quantitative estimate of drug-likeness (QED) is 0.617. The molecule has 0 saturated heterocycles. The van der Waals surface area contributed by atoms with Crippen LogP contribution in [0.2, 0.25) is 0 Å². The van der Waals surface area contributed by atoms with Gasteiger partial charge in [-0.2, -0.15) is 0 Å². The van der Waals surface area contributed by atoms with E-state index in [4.69, 9.17) is 4.74 Å². The van der Waals surface area contributed by atoms with Crippen molar-refractivity contribution in [2.45, 2.75) is 51.1 Å². The van der Waals surface area contributed by atoms with Crippen molar-refractivity contribution < 1.29 is 9.66 Å². The van der Waals surface area contributed by atoms with Crippen molar-refractivity contribution in [2.75, 3.05) is 6.61 Å². The normalized spacial score (nSPS) is 18.9. The van der Waals surface area contributed by atoms with Crippen molar-refractivity contribution in [1.29, 1.82) is 0 Å². The number of nitrogens with zero attached hydrogens (tertiary/aromatic N) is 1. The molecule has 0 aromatic heterocycles. The Morgan fingerprint density at radius 3 is 2.67 bits per heavy atom. The summed E-state index contributed by atoms with van der Waals surface area (Å²) in [5, 5.41) is 14.5. The summed E-state index contributed by atoms with van der Waals surface area (Å²) >= 11 is 0. The van der Waals surface area contributed by atoms with Gasteiger partial charge in [-0.15, -0.1) is 0 Å². The molecule has 0 bridgehead atoms. The van der Waals surface area contributed by atoms with Crippen LogP contribution in [0.25, 0.3) is 0 Å². The molecule has 0 amide bonds. The van der Waals surface area contributed by atoms with E-state index < -0.39 is 0 Å². The minimum absolute atomic E-state index is 0.0724. The lowest BCUT2D eigenvalue weighted by Gasteiger charge is -2.12. The van der Waals surface area contributed by atoms with Gasteiger partial charge < -0.3 is 10.1 Å². The molecule has 0 unspecified atom stereocenters. The molecule has 0 heterocycles. The Morgan fingerprint density at radius 2 is 2.00 bits per heavy atom. The number of rotatable bonds is 7. The molecule has 2 fully saturated rings. The Hall–Kier alpha value is -1.62. The molecule has 2 saturated carbocycles. The van der Waals surface area contributed by atoms with Crippen LogP contribution in [0.4, 0.5) is 5.69 Å². The van der Waals surface area contributed by atoms with E-state index in [0.717, 1.165) is 12.1 Å². The second-order valence-corrected chi connectivity index (χ2v) is 6.18. The van der Waals surface area contributed by atoms with Crippen LogP contribution in [-0.2, 0) is 6.54 Å². The number of hydrogen-bond acceptors (Lipinski definition) is 4. The first-order valence-corrected chi connectivity index (χ1v) is 7.86. The Labute approximate surface area is 124 Å². The molecule has 5 nitrogen and oxygen atoms in total. The predicted octanol–water partition coefficient (Wildman–Crippen LogP) is 3.42. The van der Waals surface area contributed by atoms with Crippen LogP contribution in [0.15, 0.2) is 18.2 Å². The molecule has 114 valence electrons. The summed E-state index contributed by atoms with van der Waals surface area (Å²) in [4.78, 5) is 10.8. The largest absolute Gasteiger partial charge is 0.487 e. The maximum Gasteiger partial charge on any atom is 0.310 e. The van der Waals surface area contributed by atoms with Crippen LogP contribution in [-0.4, -0.2) is 17.6 Å². The fourth-order valence-electron chi connectivity index (χ4n) is 2.87. The molecule has 1 N–H and O–H groups in total. The second-order valence-electron chi connectivity index (χ2n) is 6.18. The van der Waals surface area contributed by atoms with E-state index in [1.807, 2.05) is 12.1 Å². The van der Waals surface area contributed by atoms with Crippen LogP contribution in [0.1, 0.15) is 44.1 Å². The third-order valence-corrected chi connectivity index (χ3v) is 4.34. The number of hydrogen-bond donors (Lipinski definition) is 1. The zero-order chi connectivity index (χ0) is 14.7. The Morgan fingerprint density at radius 1 is 1.24 bits per heavy atom. The standard InChI is InChI=1S/C16H22N2O3/c19-18(20)15-8-5-13(10-17-14-6-7-14)9-16(15)21-11-12-3-1-2-4-12/h5,8-9,12,14,17H,1-4,6-7,10-11H2. The molecule has 5 heteroatoms. The van der Waals surface area contributed by atoms with Gasteiger partial charge in [-0.1, -0.05) is 18.9 Å². The summed E-state index contributed by atoms with van der Waals surface area (Å²) in [6, 6.07) is 5.83. The summed E-state index contributed by atoms with van der Waals surface area (Å²) in [5.74, 6) is 0.972. The molecule has 0 spiro atoms. The van der Waals surface area contributed by atoms with Crippen molar-refractivity contribution in [2.24, 2.45) is 5.92 Å². The van der Waals surface area contributed by atoms with E-state index in [0.29, 0.717) is 24.3 Å². The molecule has 0 atom stereocenters. The van der Waals surface area contributed by atoms with E-state index in [2.05, 4.69) is 5.32 Å². The van der Waals surface area contributed by atoms with E-state index in [9.17, 15) is 10.1 Å². The van der Waals surface area contributed by atoms with Crippen LogP contribution in [0.5, 0.6) is 5.75 Å². The highest BCUT2D eigenvalue weighted by atomic mass is 16.6. The third-order valence-electron chi connectivity index (χ3n) is 4.34. The maximum atomic E-state index is 11.1. The minimum Gasteiger partial charge on any atom is -0.487 e. The second kappa shape index (κ2) is 6.43. The van der Waals surface area contributed by atoms with Gasteiger partial charge in [0.05, 0.1) is 11.5 Å². The molecule has 0 aliphatic heterocycles. The molecular formula is C16H22N2O3. The lowest BCUT2D eigenvalue weighted by atomic mass is 10.1. The topological polar surface area (TPSA) is 64.4 Å². The Bertz CT molecular complexity index is 508. The van der Waals surface area contributed by atoms with Gasteiger partial charge in [0.1, 0.15) is 0 Å². The smallest absolute Gasteiger partial charge is 0.310 e. The highest BCUT2D eigenvalue weighted by molar-refractivity contribution is 5.48. The fraction of sp³-hybridized carbons (Fsp3) is 0.625. The van der Waals surface area contributed by atoms with Gasteiger partial charge >= 0.3 is 5.69 Å². The first kappa shape index (κ1) is 14.3. The fourth-order valence-corrected chi connectivity index (χ4v) is 2.87. The Kier molecular flexibility index (Phi) is 4.39. The van der Waals surface area contributed by atoms with Crippen molar-refractivity contribution >= 4 is 5.69 Å². The van der Waals surface area contributed by atoms with E-state index in [-0.39, 0.29) is 10.6 Å². The number of nitro benzene ring substituents is 1. The average Bonchev–Trinajstić information content (AvgIpc) is 3.16. The van der Waals surface area contributed by atoms with Gasteiger partial charge in [0.15, 0.2) is 5.75 Å². The lowest BCUT2D eigenvalue weighted by Crippen LogP contribution is -2.15. The van der Waals surface area contributed by atoms with Gasteiger partial charge in [-0.3, -0.25) is 10.1 Å². The zero-order valence-electron chi connectivity index (χ0n) is 12.2. The Balaban J connectivity index is 1.66. The minimum atomic E-state index is -0.359. The molecule has 21 heavy (non-hydrogen) atoms. The number of ether oxygens (including phenoxy) is 1. The van der Waals surface area contributed by atoms with Crippen molar-refractivity contribution in [3.63, 3.8) is 0 Å². The first-order chi connectivity index (χ1) is 10.2. The molecule has 2 aliphatic carbocycles. The van der Waals surface area contributed by atoms with Gasteiger partial charge in [0.25, 0.3) is 0 Å². The predicted molar refractivity (Wildman–Crippen MR) is 80.4 cm³/mol. The summed E-state index contributed by atoms with van der Waals surface area (Å²) in [5.41, 5.74) is 1.12. The summed E-state index contributed by atoms with van der Waals surface area (Å²) in [7, 11) is 0.